The Morgan fingerprint density at radius 1 is 1.33 bits per heavy atom. The van der Waals surface area contributed by atoms with E-state index in [-0.39, 0.29) is 28.8 Å². The third-order valence-electron chi connectivity index (χ3n) is 5.14. The van der Waals surface area contributed by atoms with Crippen LogP contribution in [0.25, 0.3) is 0 Å². The minimum atomic E-state index is -0.522. The number of nitrogens with zero attached hydrogens (tertiary/aromatic N) is 3. The first-order valence-electron chi connectivity index (χ1n) is 9.04. The number of rotatable bonds is 5. The Morgan fingerprint density at radius 3 is 2.78 bits per heavy atom. The standard InChI is InChI=1S/C19H23FN6O/c1-19(3-4-19)27-16-6-12(14(22)7-13(16)20)18(23)15-8-17(25-10-24-15)26-5-2-11(21)9-26/h6-8,10-11,23H,2-5,9,21-22H2,1H3/t11-/m1/s1. The number of nitrogen functional groups attached to an aromatic ring is 1. The molecule has 1 aromatic heterocycles. The third kappa shape index (κ3) is 3.57. The first-order chi connectivity index (χ1) is 12.8. The summed E-state index contributed by atoms with van der Waals surface area (Å²) in [5.41, 5.74) is 12.7. The summed E-state index contributed by atoms with van der Waals surface area (Å²) in [5.74, 6) is 0.315. The van der Waals surface area contributed by atoms with E-state index in [1.807, 2.05) is 6.92 Å². The van der Waals surface area contributed by atoms with Gasteiger partial charge in [0.15, 0.2) is 11.6 Å². The van der Waals surface area contributed by atoms with E-state index in [1.54, 1.807) is 6.07 Å². The highest BCUT2D eigenvalue weighted by molar-refractivity contribution is 6.13. The molecule has 1 aliphatic carbocycles. The highest BCUT2D eigenvalue weighted by Gasteiger charge is 2.40. The van der Waals surface area contributed by atoms with Gasteiger partial charge in [-0.2, -0.15) is 0 Å². The van der Waals surface area contributed by atoms with Crippen LogP contribution in [0.4, 0.5) is 15.9 Å². The van der Waals surface area contributed by atoms with Crippen LogP contribution in [0.5, 0.6) is 5.75 Å². The van der Waals surface area contributed by atoms with Crippen molar-refractivity contribution < 1.29 is 9.13 Å². The molecule has 0 bridgehead atoms. The van der Waals surface area contributed by atoms with Gasteiger partial charge in [0.25, 0.3) is 0 Å². The van der Waals surface area contributed by atoms with E-state index in [2.05, 4.69) is 14.9 Å². The number of nitrogens with one attached hydrogen (secondary N) is 1. The molecule has 1 saturated heterocycles. The first-order valence-corrected chi connectivity index (χ1v) is 9.04. The number of nitrogens with two attached hydrogens (primary N) is 2. The Hall–Kier alpha value is -2.74. The van der Waals surface area contributed by atoms with Crippen LogP contribution in [0.3, 0.4) is 0 Å². The molecule has 1 atom stereocenters. The summed E-state index contributed by atoms with van der Waals surface area (Å²) < 4.78 is 20.0. The van der Waals surface area contributed by atoms with Crippen LogP contribution in [0, 0.1) is 11.2 Å². The van der Waals surface area contributed by atoms with E-state index in [0.29, 0.717) is 11.3 Å². The SMILES string of the molecule is CC1(Oc2cc(C(=N)c3cc(N4CC[C@@H](N)C4)ncn3)c(N)cc2F)CC1. The van der Waals surface area contributed by atoms with Crippen LogP contribution >= 0.6 is 0 Å². The van der Waals surface area contributed by atoms with Gasteiger partial charge >= 0.3 is 0 Å². The van der Waals surface area contributed by atoms with Gasteiger partial charge in [-0.15, -0.1) is 0 Å². The van der Waals surface area contributed by atoms with E-state index >= 15 is 0 Å². The maximum atomic E-state index is 14.2. The molecule has 2 aliphatic rings. The van der Waals surface area contributed by atoms with E-state index in [4.69, 9.17) is 21.6 Å². The second-order valence-corrected chi connectivity index (χ2v) is 7.55. The van der Waals surface area contributed by atoms with E-state index in [0.717, 1.165) is 38.2 Å². The van der Waals surface area contributed by atoms with Crippen LogP contribution in [0.15, 0.2) is 24.5 Å². The van der Waals surface area contributed by atoms with Crippen molar-refractivity contribution in [2.45, 2.75) is 37.8 Å². The van der Waals surface area contributed by atoms with Crippen LogP contribution in [-0.4, -0.2) is 40.4 Å². The van der Waals surface area contributed by atoms with Gasteiger partial charge in [-0.05, 0) is 32.3 Å². The highest BCUT2D eigenvalue weighted by Crippen LogP contribution is 2.41. The number of benzene rings is 1. The fourth-order valence-electron chi connectivity index (χ4n) is 3.20. The number of ether oxygens (including phenoxy) is 1. The molecule has 1 aromatic carbocycles. The summed E-state index contributed by atoms with van der Waals surface area (Å²) in [4.78, 5) is 10.6. The molecule has 0 unspecified atom stereocenters. The molecular weight excluding hydrogens is 347 g/mol. The van der Waals surface area contributed by atoms with Crippen molar-refractivity contribution in [1.29, 1.82) is 5.41 Å². The topological polar surface area (TPSA) is 114 Å². The van der Waals surface area contributed by atoms with Crippen molar-refractivity contribution in [3.63, 3.8) is 0 Å². The van der Waals surface area contributed by atoms with E-state index in [9.17, 15) is 4.39 Å². The van der Waals surface area contributed by atoms with Gasteiger partial charge in [-0.25, -0.2) is 14.4 Å². The minimum Gasteiger partial charge on any atom is -0.484 e. The van der Waals surface area contributed by atoms with Crippen molar-refractivity contribution in [2.75, 3.05) is 23.7 Å². The molecule has 1 saturated carbocycles. The van der Waals surface area contributed by atoms with Crippen molar-refractivity contribution in [2.24, 2.45) is 5.73 Å². The molecule has 2 aromatic rings. The smallest absolute Gasteiger partial charge is 0.167 e. The molecule has 7 nitrogen and oxygen atoms in total. The fourth-order valence-corrected chi connectivity index (χ4v) is 3.20. The largest absolute Gasteiger partial charge is 0.484 e. The zero-order valence-corrected chi connectivity index (χ0v) is 15.2. The molecule has 0 radical (unpaired) electrons. The van der Waals surface area contributed by atoms with Gasteiger partial charge in [0.2, 0.25) is 0 Å². The van der Waals surface area contributed by atoms with Crippen molar-refractivity contribution >= 4 is 17.2 Å². The zero-order chi connectivity index (χ0) is 19.2. The second kappa shape index (κ2) is 6.45. The van der Waals surface area contributed by atoms with Gasteiger partial charge in [-0.3, -0.25) is 5.41 Å². The number of aromatic nitrogens is 2. The predicted molar refractivity (Wildman–Crippen MR) is 102 cm³/mol. The average Bonchev–Trinajstić information content (AvgIpc) is 3.20. The maximum Gasteiger partial charge on any atom is 0.167 e. The lowest BCUT2D eigenvalue weighted by atomic mass is 10.0. The fraction of sp³-hybridized carbons (Fsp3) is 0.421. The van der Waals surface area contributed by atoms with Crippen molar-refractivity contribution in [3.05, 3.63) is 41.6 Å². The monoisotopic (exact) mass is 370 g/mol. The maximum absolute atomic E-state index is 14.2. The molecule has 27 heavy (non-hydrogen) atoms. The Kier molecular flexibility index (Phi) is 4.22. The number of hydrogen-bond acceptors (Lipinski definition) is 7. The Morgan fingerprint density at radius 2 is 2.11 bits per heavy atom. The van der Waals surface area contributed by atoms with Gasteiger partial charge in [0, 0.05) is 42.5 Å². The highest BCUT2D eigenvalue weighted by atomic mass is 19.1. The molecule has 4 rings (SSSR count). The van der Waals surface area contributed by atoms with Crippen molar-refractivity contribution in [3.8, 4) is 5.75 Å². The minimum absolute atomic E-state index is 0.102. The average molecular weight is 370 g/mol. The summed E-state index contributed by atoms with van der Waals surface area (Å²) in [6, 6.07) is 4.56. The lowest BCUT2D eigenvalue weighted by Gasteiger charge is -2.18. The molecule has 2 heterocycles. The lowest BCUT2D eigenvalue weighted by Crippen LogP contribution is -2.27. The number of hydrogen-bond donors (Lipinski definition) is 3. The van der Waals surface area contributed by atoms with Crippen LogP contribution in [0.2, 0.25) is 0 Å². The number of halogens is 1. The summed E-state index contributed by atoms with van der Waals surface area (Å²) in [6.07, 6.45) is 4.10. The summed E-state index contributed by atoms with van der Waals surface area (Å²) in [7, 11) is 0. The summed E-state index contributed by atoms with van der Waals surface area (Å²) in [5, 5.41) is 8.54. The van der Waals surface area contributed by atoms with E-state index < -0.39 is 5.82 Å². The number of anilines is 2. The molecule has 142 valence electrons. The van der Waals surface area contributed by atoms with E-state index in [1.165, 1.54) is 18.5 Å². The summed E-state index contributed by atoms with van der Waals surface area (Å²) >= 11 is 0. The van der Waals surface area contributed by atoms with Gasteiger partial charge in [0.05, 0.1) is 11.4 Å². The Labute approximate surface area is 157 Å². The van der Waals surface area contributed by atoms with Gasteiger partial charge in [-0.1, -0.05) is 0 Å². The molecule has 5 N–H and O–H groups in total. The second-order valence-electron chi connectivity index (χ2n) is 7.55. The van der Waals surface area contributed by atoms with Crippen molar-refractivity contribution in [1.82, 2.24) is 9.97 Å². The Balaban J connectivity index is 1.63. The van der Waals surface area contributed by atoms with Gasteiger partial charge in [0.1, 0.15) is 17.7 Å². The molecule has 8 heteroatoms. The molecule has 0 spiro atoms. The first kappa shape index (κ1) is 17.7. The van der Waals surface area contributed by atoms with Crippen LogP contribution in [0.1, 0.15) is 37.4 Å². The molecule has 0 amide bonds. The zero-order valence-electron chi connectivity index (χ0n) is 15.2. The summed E-state index contributed by atoms with van der Waals surface area (Å²) in [6.45, 7) is 3.48. The lowest BCUT2D eigenvalue weighted by molar-refractivity contribution is 0.191. The Bertz CT molecular complexity index is 898. The normalized spacial score (nSPS) is 20.6. The predicted octanol–water partition coefficient (Wildman–Crippen LogP) is 2.08. The van der Waals surface area contributed by atoms with Gasteiger partial charge < -0.3 is 21.1 Å². The molecular formula is C19H23FN6O. The quantitative estimate of drug-likeness (QED) is 0.548. The van der Waals surface area contributed by atoms with Crippen LogP contribution < -0.4 is 21.1 Å². The van der Waals surface area contributed by atoms with Crippen LogP contribution in [-0.2, 0) is 0 Å². The molecule has 2 fully saturated rings. The molecule has 1 aliphatic heterocycles. The third-order valence-corrected chi connectivity index (χ3v) is 5.14.